The van der Waals surface area contributed by atoms with E-state index in [1.807, 2.05) is 0 Å². The van der Waals surface area contributed by atoms with Crippen LogP contribution < -0.4 is 16.0 Å². The molecule has 2 amide bonds. The molecule has 13 heteroatoms. The molecule has 0 aliphatic heterocycles. The van der Waals surface area contributed by atoms with Gasteiger partial charge in [-0.15, -0.1) is 0 Å². The van der Waals surface area contributed by atoms with Crippen LogP contribution in [-0.4, -0.2) is 49.1 Å². The first kappa shape index (κ1) is 33.3. The molecule has 7 nitrogen and oxygen atoms in total. The van der Waals surface area contributed by atoms with Crippen LogP contribution >= 0.6 is 0 Å². The summed E-state index contributed by atoms with van der Waals surface area (Å²) in [5, 5.41) is 8.25. The fourth-order valence-corrected chi connectivity index (χ4v) is 3.23. The van der Waals surface area contributed by atoms with E-state index in [-0.39, 0.29) is 37.7 Å². The van der Waals surface area contributed by atoms with Gasteiger partial charge in [0.05, 0.1) is 11.1 Å². The Kier molecular flexibility index (Phi) is 11.7. The van der Waals surface area contributed by atoms with Crippen molar-refractivity contribution < 1.29 is 45.4 Å². The minimum absolute atomic E-state index is 0.0568. The molecule has 1 aromatic carbocycles. The number of carbonyl (C=O) groups excluding carboxylic acids is 2. The van der Waals surface area contributed by atoms with Crippen molar-refractivity contribution in [2.45, 2.75) is 90.4 Å². The van der Waals surface area contributed by atoms with Crippen LogP contribution in [-0.2, 0) is 28.2 Å². The van der Waals surface area contributed by atoms with Crippen LogP contribution in [0, 0.1) is 0 Å². The second kappa shape index (κ2) is 13.4. The molecule has 38 heavy (non-hydrogen) atoms. The van der Waals surface area contributed by atoms with Gasteiger partial charge in [0.2, 0.25) is 0 Å². The molecule has 0 aliphatic carbocycles. The lowest BCUT2D eigenvalue weighted by Gasteiger charge is -2.24. The first-order chi connectivity index (χ1) is 17.2. The Morgan fingerprint density at radius 2 is 1.29 bits per heavy atom. The summed E-state index contributed by atoms with van der Waals surface area (Å²) >= 11 is 0. The fourth-order valence-electron chi connectivity index (χ4n) is 3.23. The molecule has 0 fully saturated rings. The zero-order chi connectivity index (χ0) is 29.4. The number of hydrogen-bond donors (Lipinski definition) is 3. The number of amides is 2. The summed E-state index contributed by atoms with van der Waals surface area (Å²) in [6.45, 7) is 10.7. The molecular formula is C25H37F6N3O4. The second-order valence-electron chi connectivity index (χ2n) is 10.8. The van der Waals surface area contributed by atoms with Gasteiger partial charge in [0.1, 0.15) is 11.2 Å². The molecule has 3 N–H and O–H groups in total. The zero-order valence-corrected chi connectivity index (χ0v) is 22.5. The van der Waals surface area contributed by atoms with E-state index in [0.29, 0.717) is 25.0 Å². The third-order valence-electron chi connectivity index (χ3n) is 4.75. The normalized spacial score (nSPS) is 13.6. The standard InChI is InChI=1S/C25H37F6N3O4/c1-22(2,3)37-20(35)33-10-7-8-19(34-21(36)38-23(4,5)6)15-32-11-9-16-12-17(24(26,27)28)14-18(13-16)25(29,30)31/h12-14,19,32H,7-11,15H2,1-6H3,(H,33,35)(H,34,36)/t19-/m0/s1. The van der Waals surface area contributed by atoms with Gasteiger partial charge in [-0.1, -0.05) is 0 Å². The highest BCUT2D eigenvalue weighted by atomic mass is 19.4. The van der Waals surface area contributed by atoms with E-state index >= 15 is 0 Å². The maximum Gasteiger partial charge on any atom is 0.416 e. The number of halogens is 6. The van der Waals surface area contributed by atoms with Crippen molar-refractivity contribution >= 4 is 12.2 Å². The van der Waals surface area contributed by atoms with Gasteiger partial charge in [-0.25, -0.2) is 9.59 Å². The van der Waals surface area contributed by atoms with E-state index in [1.165, 1.54) is 0 Å². The largest absolute Gasteiger partial charge is 0.444 e. The van der Waals surface area contributed by atoms with Crippen molar-refractivity contribution in [2.75, 3.05) is 19.6 Å². The van der Waals surface area contributed by atoms with Crippen LogP contribution in [0.5, 0.6) is 0 Å². The molecular weight excluding hydrogens is 520 g/mol. The van der Waals surface area contributed by atoms with E-state index < -0.39 is 52.9 Å². The summed E-state index contributed by atoms with van der Waals surface area (Å²) < 4.78 is 88.9. The molecule has 0 unspecified atom stereocenters. The predicted molar refractivity (Wildman–Crippen MR) is 130 cm³/mol. The minimum atomic E-state index is -4.92. The Bertz CT molecular complexity index is 889. The SMILES string of the molecule is CC(C)(C)OC(=O)NCCC[C@@H](CNCCc1cc(C(F)(F)F)cc(C(F)(F)F)c1)NC(=O)OC(C)(C)C. The van der Waals surface area contributed by atoms with Crippen molar-refractivity contribution in [1.82, 2.24) is 16.0 Å². The minimum Gasteiger partial charge on any atom is -0.444 e. The van der Waals surface area contributed by atoms with Crippen LogP contribution in [0.4, 0.5) is 35.9 Å². The van der Waals surface area contributed by atoms with Gasteiger partial charge in [-0.3, -0.25) is 0 Å². The van der Waals surface area contributed by atoms with Gasteiger partial charge in [0.25, 0.3) is 0 Å². The molecule has 1 rings (SSSR count). The zero-order valence-electron chi connectivity index (χ0n) is 22.5. The topological polar surface area (TPSA) is 88.7 Å². The number of benzene rings is 1. The number of hydrogen-bond acceptors (Lipinski definition) is 5. The van der Waals surface area contributed by atoms with Crippen molar-refractivity contribution in [2.24, 2.45) is 0 Å². The molecule has 0 saturated carbocycles. The molecule has 0 spiro atoms. The molecule has 0 aromatic heterocycles. The van der Waals surface area contributed by atoms with Crippen molar-refractivity contribution in [3.63, 3.8) is 0 Å². The summed E-state index contributed by atoms with van der Waals surface area (Å²) in [5.74, 6) is 0. The molecule has 0 saturated heterocycles. The Morgan fingerprint density at radius 1 is 0.789 bits per heavy atom. The first-order valence-corrected chi connectivity index (χ1v) is 12.1. The lowest BCUT2D eigenvalue weighted by Crippen LogP contribution is -2.45. The van der Waals surface area contributed by atoms with Gasteiger partial charge in [0, 0.05) is 19.1 Å². The van der Waals surface area contributed by atoms with E-state index in [0.717, 1.165) is 0 Å². The monoisotopic (exact) mass is 557 g/mol. The van der Waals surface area contributed by atoms with E-state index in [4.69, 9.17) is 9.47 Å². The highest BCUT2D eigenvalue weighted by Crippen LogP contribution is 2.36. The van der Waals surface area contributed by atoms with E-state index in [9.17, 15) is 35.9 Å². The van der Waals surface area contributed by atoms with Crippen LogP contribution in [0.2, 0.25) is 0 Å². The number of alkyl halides is 6. The smallest absolute Gasteiger partial charge is 0.416 e. The summed E-state index contributed by atoms with van der Waals surface area (Å²) in [6, 6.07) is 0.978. The van der Waals surface area contributed by atoms with Gasteiger partial charge < -0.3 is 25.4 Å². The predicted octanol–water partition coefficient (Wildman–Crippen LogP) is 6.05. The van der Waals surface area contributed by atoms with Crippen molar-refractivity contribution in [3.05, 3.63) is 34.9 Å². The van der Waals surface area contributed by atoms with Gasteiger partial charge in [-0.05, 0) is 91.1 Å². The summed E-state index contributed by atoms with van der Waals surface area (Å²) in [6.07, 6.45) is -10.4. The number of alkyl carbamates (subject to hydrolysis) is 2. The number of nitrogens with one attached hydrogen (secondary N) is 3. The molecule has 218 valence electrons. The van der Waals surface area contributed by atoms with Gasteiger partial charge in [-0.2, -0.15) is 26.3 Å². The van der Waals surface area contributed by atoms with Crippen molar-refractivity contribution in [3.8, 4) is 0 Å². The average Bonchev–Trinajstić information content (AvgIpc) is 2.69. The Hall–Kier alpha value is -2.70. The highest BCUT2D eigenvalue weighted by Gasteiger charge is 2.36. The molecule has 1 atom stereocenters. The lowest BCUT2D eigenvalue weighted by molar-refractivity contribution is -0.143. The van der Waals surface area contributed by atoms with E-state index in [1.54, 1.807) is 41.5 Å². The van der Waals surface area contributed by atoms with Gasteiger partial charge in [0.15, 0.2) is 0 Å². The quantitative estimate of drug-likeness (QED) is 0.241. The fraction of sp³-hybridized carbons (Fsp3) is 0.680. The van der Waals surface area contributed by atoms with Gasteiger partial charge >= 0.3 is 24.5 Å². The summed E-state index contributed by atoms with van der Waals surface area (Å²) in [7, 11) is 0. The van der Waals surface area contributed by atoms with Crippen LogP contribution in [0.1, 0.15) is 71.1 Å². The average molecular weight is 558 g/mol. The van der Waals surface area contributed by atoms with Crippen LogP contribution in [0.25, 0.3) is 0 Å². The van der Waals surface area contributed by atoms with Crippen LogP contribution in [0.15, 0.2) is 18.2 Å². The van der Waals surface area contributed by atoms with E-state index in [2.05, 4.69) is 16.0 Å². The highest BCUT2D eigenvalue weighted by molar-refractivity contribution is 5.68. The Labute approximate surface area is 219 Å². The second-order valence-corrected chi connectivity index (χ2v) is 10.8. The summed E-state index contributed by atoms with van der Waals surface area (Å²) in [5.41, 5.74) is -4.28. The summed E-state index contributed by atoms with van der Waals surface area (Å²) in [4.78, 5) is 24.0. The van der Waals surface area contributed by atoms with Crippen LogP contribution in [0.3, 0.4) is 0 Å². The Balaban J connectivity index is 2.75. The molecule has 1 aromatic rings. The number of rotatable bonds is 10. The molecule has 0 bridgehead atoms. The van der Waals surface area contributed by atoms with Crippen molar-refractivity contribution in [1.29, 1.82) is 0 Å². The number of ether oxygens (including phenoxy) is 2. The third-order valence-corrected chi connectivity index (χ3v) is 4.75. The first-order valence-electron chi connectivity index (χ1n) is 12.1. The third kappa shape index (κ3) is 14.3. The maximum absolute atomic E-state index is 13.1. The lowest BCUT2D eigenvalue weighted by atomic mass is 10.0. The molecule has 0 heterocycles. The maximum atomic E-state index is 13.1. The molecule has 0 radical (unpaired) electrons. The molecule has 0 aliphatic rings. The Morgan fingerprint density at radius 3 is 1.76 bits per heavy atom. The number of carbonyl (C=O) groups is 2.